The van der Waals surface area contributed by atoms with Crippen molar-refractivity contribution >= 4 is 27.3 Å². The average Bonchev–Trinajstić information content (AvgIpc) is 3.55. The molecule has 0 atom stereocenters. The molecule has 3 N–H and O–H groups in total. The van der Waals surface area contributed by atoms with E-state index in [9.17, 15) is 13.2 Å². The number of hydrogen-bond acceptors (Lipinski definition) is 8. The fourth-order valence-electron chi connectivity index (χ4n) is 4.31. The highest BCUT2D eigenvalue weighted by molar-refractivity contribution is 7.89. The minimum atomic E-state index is -3.86. The summed E-state index contributed by atoms with van der Waals surface area (Å²) < 4.78 is 50.4. The van der Waals surface area contributed by atoms with Gasteiger partial charge in [0.05, 0.1) is 25.2 Å². The number of nitrogens with one attached hydrogen (secondary N) is 3. The van der Waals surface area contributed by atoms with Crippen molar-refractivity contribution in [2.24, 2.45) is 0 Å². The zero-order chi connectivity index (χ0) is 26.9. The molecule has 0 aliphatic carbocycles. The van der Waals surface area contributed by atoms with Crippen molar-refractivity contribution in [3.8, 4) is 17.2 Å². The molecule has 5 rings (SSSR count). The maximum Gasteiger partial charge on any atom is 0.255 e. The molecule has 2 aliphatic heterocycles. The van der Waals surface area contributed by atoms with E-state index >= 15 is 0 Å². The average molecular weight is 540 g/mol. The second kappa shape index (κ2) is 10.5. The number of hydrogen-bond donors (Lipinski definition) is 3. The predicted octanol–water partition coefficient (Wildman–Crippen LogP) is 4.01. The third-order valence-electron chi connectivity index (χ3n) is 6.06. The monoisotopic (exact) mass is 539 g/mol. The zero-order valence-electron chi connectivity index (χ0n) is 21.3. The highest BCUT2D eigenvalue weighted by Crippen LogP contribution is 2.42. The van der Waals surface area contributed by atoms with Gasteiger partial charge in [0.2, 0.25) is 22.6 Å². The summed E-state index contributed by atoms with van der Waals surface area (Å²) in [6.45, 7) is 4.94. The number of rotatable bonds is 9. The normalized spacial score (nSPS) is 13.9. The molecular formula is C27H29N3O7S. The minimum Gasteiger partial charge on any atom is -0.493 e. The summed E-state index contributed by atoms with van der Waals surface area (Å²) in [4.78, 5) is 13.2. The van der Waals surface area contributed by atoms with Crippen molar-refractivity contribution in [2.45, 2.75) is 44.5 Å². The number of benzene rings is 3. The van der Waals surface area contributed by atoms with Crippen LogP contribution in [0.15, 0.2) is 53.4 Å². The first-order valence-electron chi connectivity index (χ1n) is 12.1. The molecule has 0 aromatic heterocycles. The maximum atomic E-state index is 13.2. The summed E-state index contributed by atoms with van der Waals surface area (Å²) in [5, 5.41) is 6.09. The Labute approximate surface area is 221 Å². The van der Waals surface area contributed by atoms with Crippen LogP contribution in [0.5, 0.6) is 17.2 Å². The first kappa shape index (κ1) is 25.8. The molecule has 0 fully saturated rings. The van der Waals surface area contributed by atoms with Gasteiger partial charge in [-0.05, 0) is 73.0 Å². The first-order chi connectivity index (χ1) is 18.2. The smallest absolute Gasteiger partial charge is 0.255 e. The lowest BCUT2D eigenvalue weighted by molar-refractivity contribution is 0.102. The molecule has 0 unspecified atom stereocenters. The molecule has 10 nitrogen and oxygen atoms in total. The molecule has 3 aromatic rings. The Hall–Kier alpha value is -3.80. The minimum absolute atomic E-state index is 0.0213. The Morgan fingerprint density at radius 1 is 1.00 bits per heavy atom. The van der Waals surface area contributed by atoms with Crippen LogP contribution in [0, 0.1) is 0 Å². The van der Waals surface area contributed by atoms with Gasteiger partial charge in [-0.15, -0.1) is 0 Å². The molecule has 2 aliphatic rings. The van der Waals surface area contributed by atoms with Crippen LogP contribution < -0.4 is 29.6 Å². The Kier molecular flexibility index (Phi) is 7.15. The number of amides is 1. The van der Waals surface area contributed by atoms with Gasteiger partial charge >= 0.3 is 0 Å². The van der Waals surface area contributed by atoms with Crippen LogP contribution in [-0.2, 0) is 34.5 Å². The molecule has 0 saturated heterocycles. The Morgan fingerprint density at radius 3 is 2.61 bits per heavy atom. The van der Waals surface area contributed by atoms with Gasteiger partial charge in [-0.3, -0.25) is 4.79 Å². The van der Waals surface area contributed by atoms with Crippen molar-refractivity contribution in [2.75, 3.05) is 24.5 Å². The second-order valence-electron chi connectivity index (χ2n) is 9.34. The van der Waals surface area contributed by atoms with Crippen LogP contribution in [0.3, 0.4) is 0 Å². The summed E-state index contributed by atoms with van der Waals surface area (Å²) in [5.41, 5.74) is 4.19. The van der Waals surface area contributed by atoms with E-state index in [0.717, 1.165) is 16.7 Å². The van der Waals surface area contributed by atoms with E-state index in [2.05, 4.69) is 15.4 Å². The van der Waals surface area contributed by atoms with Crippen LogP contribution in [-0.4, -0.2) is 34.3 Å². The van der Waals surface area contributed by atoms with E-state index in [1.165, 1.54) is 12.1 Å². The standard InChI is InChI=1S/C27H29N3O7S/c1-16(2)30-38(32,33)23-10-19(27(31)29-21-5-4-18-13-35-14-20(18)9-21)8-22(11-23)28-12-17-6-24(34-3)26-25(7-17)36-15-37-26/h4-11,16,28,30H,12-15H2,1-3H3,(H,29,31). The second-order valence-corrected chi connectivity index (χ2v) is 11.1. The Morgan fingerprint density at radius 2 is 1.82 bits per heavy atom. The van der Waals surface area contributed by atoms with Gasteiger partial charge in [0.25, 0.3) is 5.91 Å². The van der Waals surface area contributed by atoms with Crippen LogP contribution in [0.4, 0.5) is 11.4 Å². The van der Waals surface area contributed by atoms with Crippen molar-refractivity contribution in [1.82, 2.24) is 4.72 Å². The molecule has 0 saturated carbocycles. The SMILES string of the molecule is COc1cc(CNc2cc(C(=O)Nc3ccc4c(c3)COC4)cc(S(=O)(=O)NC(C)C)c2)cc2c1OCO2. The van der Waals surface area contributed by atoms with E-state index in [-0.39, 0.29) is 23.3 Å². The molecule has 11 heteroatoms. The summed E-state index contributed by atoms with van der Waals surface area (Å²) in [6.07, 6.45) is 0. The molecule has 200 valence electrons. The lowest BCUT2D eigenvalue weighted by Crippen LogP contribution is -2.30. The topological polar surface area (TPSA) is 124 Å². The van der Waals surface area contributed by atoms with Crippen molar-refractivity contribution in [3.63, 3.8) is 0 Å². The van der Waals surface area contributed by atoms with Crippen molar-refractivity contribution in [1.29, 1.82) is 0 Å². The van der Waals surface area contributed by atoms with Gasteiger partial charge in [-0.25, -0.2) is 13.1 Å². The third-order valence-corrected chi connectivity index (χ3v) is 7.70. The Balaban J connectivity index is 1.42. The van der Waals surface area contributed by atoms with E-state index in [4.69, 9.17) is 18.9 Å². The summed E-state index contributed by atoms with van der Waals surface area (Å²) >= 11 is 0. The molecule has 0 bridgehead atoms. The number of anilines is 2. The van der Waals surface area contributed by atoms with Gasteiger partial charge in [0.15, 0.2) is 11.5 Å². The van der Waals surface area contributed by atoms with E-state index < -0.39 is 15.9 Å². The maximum absolute atomic E-state index is 13.2. The van der Waals surface area contributed by atoms with E-state index in [0.29, 0.717) is 48.4 Å². The van der Waals surface area contributed by atoms with Gasteiger partial charge in [0, 0.05) is 29.5 Å². The van der Waals surface area contributed by atoms with Gasteiger partial charge in [0.1, 0.15) is 0 Å². The number of ether oxygens (including phenoxy) is 4. The third kappa shape index (κ3) is 5.54. The lowest BCUT2D eigenvalue weighted by Gasteiger charge is -2.15. The molecule has 3 aromatic carbocycles. The van der Waals surface area contributed by atoms with Crippen molar-refractivity contribution in [3.05, 3.63) is 70.8 Å². The van der Waals surface area contributed by atoms with Crippen molar-refractivity contribution < 1.29 is 32.2 Å². The van der Waals surface area contributed by atoms with Gasteiger partial charge in [-0.1, -0.05) is 6.07 Å². The predicted molar refractivity (Wildman–Crippen MR) is 141 cm³/mol. The van der Waals surface area contributed by atoms with E-state index in [1.54, 1.807) is 33.1 Å². The van der Waals surface area contributed by atoms with Crippen LogP contribution >= 0.6 is 0 Å². The van der Waals surface area contributed by atoms with Crippen LogP contribution in [0.1, 0.15) is 40.9 Å². The first-order valence-corrected chi connectivity index (χ1v) is 13.6. The van der Waals surface area contributed by atoms with Crippen LogP contribution in [0.2, 0.25) is 0 Å². The summed E-state index contributed by atoms with van der Waals surface area (Å²) in [6, 6.07) is 13.4. The molecule has 1 amide bonds. The van der Waals surface area contributed by atoms with Crippen LogP contribution in [0.25, 0.3) is 0 Å². The lowest BCUT2D eigenvalue weighted by atomic mass is 10.1. The molecule has 0 radical (unpaired) electrons. The molecule has 0 spiro atoms. The number of sulfonamides is 1. The fraction of sp³-hybridized carbons (Fsp3) is 0.296. The molecule has 38 heavy (non-hydrogen) atoms. The fourth-order valence-corrected chi connectivity index (χ4v) is 5.63. The van der Waals surface area contributed by atoms with Gasteiger partial charge in [-0.2, -0.15) is 0 Å². The van der Waals surface area contributed by atoms with Gasteiger partial charge < -0.3 is 29.6 Å². The largest absolute Gasteiger partial charge is 0.493 e. The zero-order valence-corrected chi connectivity index (χ0v) is 22.1. The molecular weight excluding hydrogens is 510 g/mol. The number of carbonyl (C=O) groups is 1. The van der Waals surface area contributed by atoms with E-state index in [1.807, 2.05) is 24.3 Å². The number of carbonyl (C=O) groups excluding carboxylic acids is 1. The summed E-state index contributed by atoms with van der Waals surface area (Å²) in [5.74, 6) is 1.21. The highest BCUT2D eigenvalue weighted by atomic mass is 32.2. The molecule has 2 heterocycles. The highest BCUT2D eigenvalue weighted by Gasteiger charge is 2.22. The number of methoxy groups -OCH3 is 1. The Bertz CT molecular complexity index is 1490. The summed E-state index contributed by atoms with van der Waals surface area (Å²) in [7, 11) is -2.32. The number of fused-ring (bicyclic) bond motifs is 2. The quantitative estimate of drug-likeness (QED) is 0.373.